The van der Waals surface area contributed by atoms with Crippen molar-refractivity contribution in [3.8, 4) is 0 Å². The molecule has 0 aromatic heterocycles. The van der Waals surface area contributed by atoms with Crippen molar-refractivity contribution in [3.05, 3.63) is 48.6 Å². The highest BCUT2D eigenvalue weighted by Gasteiger charge is 2.22. The van der Waals surface area contributed by atoms with E-state index < -0.39 is 24.2 Å². The molecule has 0 aromatic carbocycles. The minimum atomic E-state index is -1.11. The number of rotatable bonds is 44. The Balaban J connectivity index is 3.66. The summed E-state index contributed by atoms with van der Waals surface area (Å²) in [5.41, 5.74) is 0. The van der Waals surface area contributed by atoms with Crippen molar-refractivity contribution in [1.82, 2.24) is 5.32 Å². The molecule has 328 valence electrons. The molecule has 0 saturated carbocycles. The maximum Gasteiger partial charge on any atom is 0.249 e. The van der Waals surface area contributed by atoms with Crippen molar-refractivity contribution in [3.63, 3.8) is 0 Å². The molecule has 0 fully saturated rings. The third-order valence-corrected chi connectivity index (χ3v) is 11.1. The minimum absolute atomic E-state index is 0.378. The highest BCUT2D eigenvalue weighted by molar-refractivity contribution is 5.80. The van der Waals surface area contributed by atoms with Crippen LogP contribution in [0, 0.1) is 0 Å². The van der Waals surface area contributed by atoms with Gasteiger partial charge in [-0.1, -0.05) is 229 Å². The second-order valence-electron chi connectivity index (χ2n) is 16.7. The quantitative estimate of drug-likeness (QED) is 0.0366. The highest BCUT2D eigenvalue weighted by atomic mass is 16.3. The lowest BCUT2D eigenvalue weighted by Crippen LogP contribution is -2.48. The van der Waals surface area contributed by atoms with Crippen molar-refractivity contribution in [2.45, 2.75) is 263 Å². The fourth-order valence-electron chi connectivity index (χ4n) is 7.29. The zero-order valence-corrected chi connectivity index (χ0v) is 37.3. The van der Waals surface area contributed by atoms with Crippen LogP contribution in [-0.2, 0) is 4.79 Å². The van der Waals surface area contributed by atoms with Crippen LogP contribution < -0.4 is 5.32 Å². The van der Waals surface area contributed by atoms with Crippen molar-refractivity contribution in [2.75, 3.05) is 6.61 Å². The number of allylic oxidation sites excluding steroid dienone is 7. The van der Waals surface area contributed by atoms with Gasteiger partial charge >= 0.3 is 0 Å². The molecule has 0 rings (SSSR count). The molecule has 4 N–H and O–H groups in total. The number of hydrogen-bond acceptors (Lipinski definition) is 4. The molecular weight excluding hydrogens is 691 g/mol. The molecule has 0 heterocycles. The van der Waals surface area contributed by atoms with Crippen LogP contribution >= 0.6 is 0 Å². The van der Waals surface area contributed by atoms with Gasteiger partial charge in [0.05, 0.1) is 18.8 Å². The van der Waals surface area contributed by atoms with Gasteiger partial charge in [-0.2, -0.15) is 0 Å². The lowest BCUT2D eigenvalue weighted by molar-refractivity contribution is -0.131. The van der Waals surface area contributed by atoms with Gasteiger partial charge in [0.2, 0.25) is 5.91 Å². The summed E-state index contributed by atoms with van der Waals surface area (Å²) in [6.07, 6.45) is 60.2. The van der Waals surface area contributed by atoms with Gasteiger partial charge in [0, 0.05) is 0 Å². The first-order valence-electron chi connectivity index (χ1n) is 24.5. The third-order valence-electron chi connectivity index (χ3n) is 11.1. The van der Waals surface area contributed by atoms with Crippen LogP contribution in [0.15, 0.2) is 48.6 Å². The van der Waals surface area contributed by atoms with E-state index in [9.17, 15) is 20.1 Å². The Morgan fingerprint density at radius 1 is 0.446 bits per heavy atom. The van der Waals surface area contributed by atoms with Crippen molar-refractivity contribution in [2.24, 2.45) is 0 Å². The summed E-state index contributed by atoms with van der Waals surface area (Å²) in [4.78, 5) is 12.5. The van der Waals surface area contributed by atoms with Gasteiger partial charge in [-0.05, 0) is 64.2 Å². The maximum atomic E-state index is 12.5. The summed E-state index contributed by atoms with van der Waals surface area (Å²) < 4.78 is 0. The Kier molecular flexibility index (Phi) is 44.6. The molecule has 0 bridgehead atoms. The number of nitrogens with one attached hydrogen (secondary N) is 1. The van der Waals surface area contributed by atoms with Crippen LogP contribution in [-0.4, -0.2) is 46.1 Å². The first-order chi connectivity index (χ1) is 27.6. The van der Waals surface area contributed by atoms with Crippen LogP contribution in [0.3, 0.4) is 0 Å². The largest absolute Gasteiger partial charge is 0.394 e. The molecule has 0 saturated heterocycles. The summed E-state index contributed by atoms with van der Waals surface area (Å²) in [6.45, 7) is 4.17. The van der Waals surface area contributed by atoms with E-state index in [1.165, 1.54) is 180 Å². The van der Waals surface area contributed by atoms with E-state index in [2.05, 4.69) is 55.6 Å². The third kappa shape index (κ3) is 40.5. The van der Waals surface area contributed by atoms with Gasteiger partial charge in [-0.25, -0.2) is 0 Å². The number of amides is 1. The smallest absolute Gasteiger partial charge is 0.249 e. The summed E-state index contributed by atoms with van der Waals surface area (Å²) in [5.74, 6) is -0.515. The molecule has 0 aromatic rings. The average molecular weight is 786 g/mol. The molecule has 5 nitrogen and oxygen atoms in total. The number of hydrogen-bond donors (Lipinski definition) is 4. The normalized spacial score (nSPS) is 13.9. The van der Waals surface area contributed by atoms with Gasteiger partial charge in [-0.3, -0.25) is 4.79 Å². The van der Waals surface area contributed by atoms with Gasteiger partial charge in [0.1, 0.15) is 6.10 Å². The Morgan fingerprint density at radius 2 is 0.786 bits per heavy atom. The minimum Gasteiger partial charge on any atom is -0.394 e. The molecular formula is C51H95NO4. The molecule has 0 spiro atoms. The van der Waals surface area contributed by atoms with Crippen molar-refractivity contribution >= 4 is 5.91 Å². The fraction of sp³-hybridized carbons (Fsp3) is 0.824. The van der Waals surface area contributed by atoms with E-state index in [1.807, 2.05) is 6.08 Å². The molecule has 3 unspecified atom stereocenters. The predicted molar refractivity (Wildman–Crippen MR) is 245 cm³/mol. The predicted octanol–water partition coefficient (Wildman–Crippen LogP) is 14.5. The Morgan fingerprint density at radius 3 is 1.20 bits per heavy atom. The van der Waals surface area contributed by atoms with Crippen LogP contribution in [0.5, 0.6) is 0 Å². The van der Waals surface area contributed by atoms with Crippen molar-refractivity contribution in [1.29, 1.82) is 0 Å². The Labute approximate surface area is 348 Å². The summed E-state index contributed by atoms with van der Waals surface area (Å²) in [5, 5.41) is 33.2. The highest BCUT2D eigenvalue weighted by Crippen LogP contribution is 2.15. The molecule has 0 radical (unpaired) electrons. The van der Waals surface area contributed by atoms with E-state index in [4.69, 9.17) is 0 Å². The maximum absolute atomic E-state index is 12.5. The first-order valence-corrected chi connectivity index (χ1v) is 24.5. The molecule has 0 aliphatic heterocycles. The van der Waals surface area contributed by atoms with Crippen LogP contribution in [0.2, 0.25) is 0 Å². The van der Waals surface area contributed by atoms with E-state index in [0.29, 0.717) is 6.42 Å². The van der Waals surface area contributed by atoms with Gasteiger partial charge < -0.3 is 20.6 Å². The van der Waals surface area contributed by atoms with Gasteiger partial charge in [-0.15, -0.1) is 0 Å². The molecule has 3 atom stereocenters. The number of carbonyl (C=O) groups is 1. The number of aliphatic hydroxyl groups is 3. The monoisotopic (exact) mass is 786 g/mol. The van der Waals surface area contributed by atoms with Crippen LogP contribution in [0.1, 0.15) is 245 Å². The second-order valence-corrected chi connectivity index (χ2v) is 16.7. The topological polar surface area (TPSA) is 89.8 Å². The standard InChI is InChI=1S/C51H95NO4/c1-3-5-7-9-11-13-15-17-19-21-22-23-24-25-26-27-28-29-30-32-34-36-38-40-42-44-46-50(55)51(56)52-48(47-53)49(54)45-43-41-39-37-35-33-31-20-18-16-14-12-10-8-6-4-2/h22-23,25-26,35,37,43,45,48-50,53-55H,3-21,24,27-34,36,38-42,44,46-47H2,1-2H3,(H,52,56)/b23-22-,26-25-,37-35+,45-43+. The zero-order chi connectivity index (χ0) is 40.8. The molecule has 0 aliphatic carbocycles. The van der Waals surface area contributed by atoms with E-state index in [0.717, 1.165) is 44.9 Å². The zero-order valence-electron chi connectivity index (χ0n) is 37.3. The summed E-state index contributed by atoms with van der Waals surface area (Å²) in [6, 6.07) is -0.817. The van der Waals surface area contributed by atoms with Crippen LogP contribution in [0.25, 0.3) is 0 Å². The molecule has 5 heteroatoms. The van der Waals surface area contributed by atoms with E-state index in [1.54, 1.807) is 6.08 Å². The fourth-order valence-corrected chi connectivity index (χ4v) is 7.29. The van der Waals surface area contributed by atoms with E-state index in [-0.39, 0.29) is 6.61 Å². The second kappa shape index (κ2) is 46.0. The van der Waals surface area contributed by atoms with Gasteiger partial charge in [0.15, 0.2) is 0 Å². The SMILES string of the molecule is CCCCCCCCCCC/C=C\C/C=C\CCCCCCCCCCCCC(O)C(=O)NC(CO)C(O)/C=C/CC/C=C/CCCCCCCCCCCC. The molecule has 0 aliphatic rings. The Bertz CT molecular complexity index is 912. The van der Waals surface area contributed by atoms with E-state index >= 15 is 0 Å². The first kappa shape index (κ1) is 54.3. The van der Waals surface area contributed by atoms with Crippen LogP contribution in [0.4, 0.5) is 0 Å². The number of aliphatic hydroxyl groups excluding tert-OH is 3. The average Bonchev–Trinajstić information content (AvgIpc) is 3.20. The molecule has 1 amide bonds. The van der Waals surface area contributed by atoms with Gasteiger partial charge in [0.25, 0.3) is 0 Å². The summed E-state index contributed by atoms with van der Waals surface area (Å²) >= 11 is 0. The number of carbonyl (C=O) groups excluding carboxylic acids is 1. The Hall–Kier alpha value is -1.69. The lowest BCUT2D eigenvalue weighted by atomic mass is 10.0. The summed E-state index contributed by atoms with van der Waals surface area (Å²) in [7, 11) is 0. The van der Waals surface area contributed by atoms with Crippen molar-refractivity contribution < 1.29 is 20.1 Å². The lowest BCUT2D eigenvalue weighted by Gasteiger charge is -2.21. The number of unbranched alkanes of at least 4 members (excludes halogenated alkanes) is 30. The molecule has 56 heavy (non-hydrogen) atoms.